The van der Waals surface area contributed by atoms with Crippen LogP contribution in [0.25, 0.3) is 11.4 Å². The normalized spacial score (nSPS) is 12.4. The third kappa shape index (κ3) is 3.01. The Hall–Kier alpha value is -1.46. The van der Waals surface area contributed by atoms with Crippen LogP contribution in [-0.2, 0) is 0 Å². The van der Waals surface area contributed by atoms with Crippen molar-refractivity contribution in [3.05, 3.63) is 30.3 Å². The lowest BCUT2D eigenvalue weighted by atomic mass is 10.2. The lowest BCUT2D eigenvalue weighted by Gasteiger charge is -2.11. The molecule has 0 bridgehead atoms. The van der Waals surface area contributed by atoms with Gasteiger partial charge in [-0.15, -0.1) is 0 Å². The van der Waals surface area contributed by atoms with Crippen LogP contribution in [0.15, 0.2) is 30.3 Å². The van der Waals surface area contributed by atoms with Crippen molar-refractivity contribution < 1.29 is 5.11 Å². The molecule has 4 nitrogen and oxygen atoms in total. The van der Waals surface area contributed by atoms with Crippen molar-refractivity contribution in [1.82, 2.24) is 9.36 Å². The summed E-state index contributed by atoms with van der Waals surface area (Å²) in [4.78, 5) is 4.40. The molecule has 0 saturated carbocycles. The molecule has 0 saturated heterocycles. The monoisotopic (exact) mass is 249 g/mol. The molecule has 0 amide bonds. The highest BCUT2D eigenvalue weighted by molar-refractivity contribution is 7.09. The van der Waals surface area contributed by atoms with Gasteiger partial charge in [0.1, 0.15) is 0 Å². The van der Waals surface area contributed by atoms with Gasteiger partial charge >= 0.3 is 0 Å². The zero-order chi connectivity index (χ0) is 12.1. The largest absolute Gasteiger partial charge is 0.394 e. The summed E-state index contributed by atoms with van der Waals surface area (Å²) in [7, 11) is 0. The predicted octanol–water partition coefficient (Wildman–Crippen LogP) is 2.39. The fourth-order valence-corrected chi connectivity index (χ4v) is 2.10. The first-order valence-corrected chi connectivity index (χ1v) is 6.37. The Kier molecular flexibility index (Phi) is 4.06. The van der Waals surface area contributed by atoms with Gasteiger partial charge in [-0.2, -0.15) is 9.36 Å². The molecule has 0 aliphatic carbocycles. The fourth-order valence-electron chi connectivity index (χ4n) is 1.44. The first-order valence-electron chi connectivity index (χ1n) is 5.60. The summed E-state index contributed by atoms with van der Waals surface area (Å²) in [6.07, 6.45) is 0.858. The molecule has 1 atom stereocenters. The molecule has 0 spiro atoms. The topological polar surface area (TPSA) is 58.0 Å². The lowest BCUT2D eigenvalue weighted by molar-refractivity contribution is 0.272. The number of rotatable bonds is 5. The first kappa shape index (κ1) is 12.0. The highest BCUT2D eigenvalue weighted by Crippen LogP contribution is 2.21. The van der Waals surface area contributed by atoms with Gasteiger partial charge in [0.25, 0.3) is 0 Å². The molecular formula is C12H15N3OS. The van der Waals surface area contributed by atoms with Crippen molar-refractivity contribution in [3.63, 3.8) is 0 Å². The Morgan fingerprint density at radius 1 is 1.35 bits per heavy atom. The second-order valence-electron chi connectivity index (χ2n) is 3.72. The van der Waals surface area contributed by atoms with E-state index in [0.29, 0.717) is 0 Å². The molecule has 5 heteroatoms. The Labute approximate surface area is 105 Å². The van der Waals surface area contributed by atoms with Crippen molar-refractivity contribution in [2.75, 3.05) is 11.9 Å². The second-order valence-corrected chi connectivity index (χ2v) is 4.47. The van der Waals surface area contributed by atoms with Crippen LogP contribution in [0.4, 0.5) is 5.13 Å². The number of benzene rings is 1. The molecule has 0 radical (unpaired) electrons. The van der Waals surface area contributed by atoms with E-state index in [1.54, 1.807) is 0 Å². The Morgan fingerprint density at radius 3 is 2.76 bits per heavy atom. The summed E-state index contributed by atoms with van der Waals surface area (Å²) < 4.78 is 4.29. The molecule has 0 fully saturated rings. The van der Waals surface area contributed by atoms with Gasteiger partial charge in [-0.3, -0.25) is 0 Å². The maximum absolute atomic E-state index is 9.11. The van der Waals surface area contributed by atoms with Crippen LogP contribution < -0.4 is 5.32 Å². The van der Waals surface area contributed by atoms with E-state index >= 15 is 0 Å². The average molecular weight is 249 g/mol. The van der Waals surface area contributed by atoms with E-state index in [-0.39, 0.29) is 12.6 Å². The summed E-state index contributed by atoms with van der Waals surface area (Å²) in [5, 5.41) is 13.0. The number of aliphatic hydroxyl groups excluding tert-OH is 1. The quantitative estimate of drug-likeness (QED) is 0.854. The van der Waals surface area contributed by atoms with Crippen LogP contribution in [0.2, 0.25) is 0 Å². The maximum atomic E-state index is 9.11. The molecule has 90 valence electrons. The van der Waals surface area contributed by atoms with Crippen molar-refractivity contribution >= 4 is 16.7 Å². The zero-order valence-electron chi connectivity index (χ0n) is 9.63. The van der Waals surface area contributed by atoms with Crippen LogP contribution in [0, 0.1) is 0 Å². The van der Waals surface area contributed by atoms with E-state index in [0.717, 1.165) is 22.9 Å². The minimum absolute atomic E-state index is 0.0478. The zero-order valence-corrected chi connectivity index (χ0v) is 10.4. The van der Waals surface area contributed by atoms with Gasteiger partial charge in [0.2, 0.25) is 5.13 Å². The minimum atomic E-state index is 0.0478. The number of aliphatic hydroxyl groups is 1. The lowest BCUT2D eigenvalue weighted by Crippen LogP contribution is -2.22. The van der Waals surface area contributed by atoms with Crippen molar-refractivity contribution in [3.8, 4) is 11.4 Å². The molecule has 2 N–H and O–H groups in total. The number of aromatic nitrogens is 2. The van der Waals surface area contributed by atoms with Crippen molar-refractivity contribution in [2.24, 2.45) is 0 Å². The summed E-state index contributed by atoms with van der Waals surface area (Å²) in [6, 6.07) is 9.91. The minimum Gasteiger partial charge on any atom is -0.394 e. The maximum Gasteiger partial charge on any atom is 0.203 e. The summed E-state index contributed by atoms with van der Waals surface area (Å²) in [5.41, 5.74) is 1.01. The highest BCUT2D eigenvalue weighted by atomic mass is 32.1. The summed E-state index contributed by atoms with van der Waals surface area (Å²) >= 11 is 1.32. The molecule has 0 aliphatic heterocycles. The van der Waals surface area contributed by atoms with Crippen LogP contribution in [0.1, 0.15) is 13.3 Å². The Bertz CT molecular complexity index is 454. The van der Waals surface area contributed by atoms with Gasteiger partial charge in [-0.1, -0.05) is 37.3 Å². The van der Waals surface area contributed by atoms with Crippen molar-refractivity contribution in [1.29, 1.82) is 0 Å². The van der Waals surface area contributed by atoms with Crippen molar-refractivity contribution in [2.45, 2.75) is 19.4 Å². The fraction of sp³-hybridized carbons (Fsp3) is 0.333. The highest BCUT2D eigenvalue weighted by Gasteiger charge is 2.09. The molecule has 0 aliphatic rings. The van der Waals surface area contributed by atoms with Gasteiger partial charge in [0, 0.05) is 17.1 Å². The smallest absolute Gasteiger partial charge is 0.203 e. The summed E-state index contributed by atoms with van der Waals surface area (Å²) in [6.45, 7) is 2.13. The summed E-state index contributed by atoms with van der Waals surface area (Å²) in [5.74, 6) is 0.728. The number of hydrogen-bond donors (Lipinski definition) is 2. The molecule has 2 rings (SSSR count). The van der Waals surface area contributed by atoms with Crippen LogP contribution in [0.5, 0.6) is 0 Å². The van der Waals surface area contributed by atoms with E-state index in [9.17, 15) is 0 Å². The van der Waals surface area contributed by atoms with Crippen LogP contribution >= 0.6 is 11.5 Å². The molecule has 2 aromatic rings. The third-order valence-corrected chi connectivity index (χ3v) is 3.15. The molecule has 17 heavy (non-hydrogen) atoms. The standard InChI is InChI=1S/C12H15N3OS/c1-2-10(8-16)13-12-14-11(15-17-12)9-6-4-3-5-7-9/h3-7,10,16H,2,8H2,1H3,(H,13,14,15)/t10-/m0/s1. The van der Waals surface area contributed by atoms with E-state index < -0.39 is 0 Å². The van der Waals surface area contributed by atoms with Gasteiger partial charge in [0.15, 0.2) is 5.82 Å². The van der Waals surface area contributed by atoms with E-state index in [2.05, 4.69) is 14.7 Å². The van der Waals surface area contributed by atoms with Crippen LogP contribution in [0.3, 0.4) is 0 Å². The number of hydrogen-bond acceptors (Lipinski definition) is 5. The predicted molar refractivity (Wildman–Crippen MR) is 70.1 cm³/mol. The van der Waals surface area contributed by atoms with Gasteiger partial charge < -0.3 is 10.4 Å². The molecule has 1 heterocycles. The first-order chi connectivity index (χ1) is 8.33. The van der Waals surface area contributed by atoms with E-state index in [4.69, 9.17) is 5.11 Å². The number of nitrogens with one attached hydrogen (secondary N) is 1. The van der Waals surface area contributed by atoms with Gasteiger partial charge in [-0.25, -0.2) is 0 Å². The second kappa shape index (κ2) is 5.75. The molecule has 1 aromatic heterocycles. The SMILES string of the molecule is CC[C@@H](CO)Nc1nc(-c2ccccc2)ns1. The number of nitrogens with zero attached hydrogens (tertiary/aromatic N) is 2. The van der Waals surface area contributed by atoms with E-state index in [1.165, 1.54) is 11.5 Å². The van der Waals surface area contributed by atoms with Gasteiger partial charge in [-0.05, 0) is 6.42 Å². The van der Waals surface area contributed by atoms with Crippen LogP contribution in [-0.4, -0.2) is 27.1 Å². The Balaban J connectivity index is 2.11. The van der Waals surface area contributed by atoms with E-state index in [1.807, 2.05) is 37.3 Å². The van der Waals surface area contributed by atoms with Gasteiger partial charge in [0.05, 0.1) is 12.6 Å². The molecular weight excluding hydrogens is 234 g/mol. The number of anilines is 1. The molecule has 0 unspecified atom stereocenters. The average Bonchev–Trinajstić information content (AvgIpc) is 2.85. The third-order valence-electron chi connectivity index (χ3n) is 2.50. The Morgan fingerprint density at radius 2 is 2.12 bits per heavy atom. The molecule has 1 aromatic carbocycles.